The van der Waals surface area contributed by atoms with Gasteiger partial charge in [0.25, 0.3) is 0 Å². The lowest BCUT2D eigenvalue weighted by Crippen LogP contribution is -2.51. The third kappa shape index (κ3) is 4.24. The molecule has 6 rings (SSSR count). The number of piperidine rings is 1. The van der Waals surface area contributed by atoms with E-state index in [0.717, 1.165) is 68.3 Å². The SMILES string of the molecule is COc1cc(-c2[nH]c3cnc(N4CCC(NCC5(C)COC5)CC4)c(C)c3c2C(C)C)cn2ncnc12. The normalized spacial score (nSPS) is 18.2. The van der Waals surface area contributed by atoms with Gasteiger partial charge < -0.3 is 24.7 Å². The van der Waals surface area contributed by atoms with Gasteiger partial charge in [0.2, 0.25) is 0 Å². The smallest absolute Gasteiger partial charge is 0.197 e. The van der Waals surface area contributed by atoms with Crippen molar-refractivity contribution in [1.29, 1.82) is 0 Å². The molecular weight excluding hydrogens is 466 g/mol. The Hall–Kier alpha value is -3.17. The molecule has 9 heteroatoms. The molecule has 0 unspecified atom stereocenters. The maximum Gasteiger partial charge on any atom is 0.197 e. The van der Waals surface area contributed by atoms with E-state index < -0.39 is 0 Å². The van der Waals surface area contributed by atoms with Gasteiger partial charge in [-0.25, -0.2) is 14.5 Å². The molecule has 196 valence electrons. The highest BCUT2D eigenvalue weighted by atomic mass is 16.5. The number of nitrogens with zero attached hydrogens (tertiary/aromatic N) is 5. The summed E-state index contributed by atoms with van der Waals surface area (Å²) in [5, 5.41) is 9.42. The van der Waals surface area contributed by atoms with E-state index in [1.165, 1.54) is 16.5 Å². The zero-order valence-corrected chi connectivity index (χ0v) is 22.5. The van der Waals surface area contributed by atoms with Gasteiger partial charge in [0.05, 0.1) is 37.7 Å². The molecule has 2 saturated heterocycles. The second-order valence-electron chi connectivity index (χ2n) is 11.3. The number of aryl methyl sites for hydroxylation is 1. The number of aromatic amines is 1. The van der Waals surface area contributed by atoms with Crippen molar-refractivity contribution in [1.82, 2.24) is 29.9 Å². The summed E-state index contributed by atoms with van der Waals surface area (Å²) in [6.07, 6.45) is 7.82. The lowest BCUT2D eigenvalue weighted by Gasteiger charge is -2.41. The van der Waals surface area contributed by atoms with Gasteiger partial charge in [-0.15, -0.1) is 0 Å². The van der Waals surface area contributed by atoms with Gasteiger partial charge in [0.15, 0.2) is 11.4 Å². The van der Waals surface area contributed by atoms with Crippen LogP contribution in [0, 0.1) is 12.3 Å². The first kappa shape index (κ1) is 24.2. The standard InChI is InChI=1S/C28H37N7O2/c1-17(2)23-24-18(3)26(34-8-6-20(7-9-34)30-13-28(4)14-37-15-28)29-11-21(24)33-25(23)19-10-22(36-5)27-31-16-32-35(27)12-19/h10-12,16-17,20,30,33H,6-9,13-15H2,1-5H3. The third-order valence-electron chi connectivity index (χ3n) is 8.03. The fourth-order valence-electron chi connectivity index (χ4n) is 5.92. The van der Waals surface area contributed by atoms with Gasteiger partial charge in [0.1, 0.15) is 12.1 Å². The Balaban J connectivity index is 1.31. The van der Waals surface area contributed by atoms with Crippen LogP contribution in [0.25, 0.3) is 27.8 Å². The predicted octanol–water partition coefficient (Wildman–Crippen LogP) is 4.31. The summed E-state index contributed by atoms with van der Waals surface area (Å²) < 4.78 is 12.8. The van der Waals surface area contributed by atoms with Crippen LogP contribution in [0.1, 0.15) is 50.7 Å². The highest BCUT2D eigenvalue weighted by Gasteiger charge is 2.34. The van der Waals surface area contributed by atoms with Gasteiger partial charge in [-0.05, 0) is 37.3 Å². The summed E-state index contributed by atoms with van der Waals surface area (Å²) in [6.45, 7) is 13.8. The molecule has 0 radical (unpaired) electrons. The molecule has 4 aromatic rings. The molecule has 2 aliphatic rings. The molecule has 6 heterocycles. The van der Waals surface area contributed by atoms with Crippen molar-refractivity contribution < 1.29 is 9.47 Å². The number of aromatic nitrogens is 5. The van der Waals surface area contributed by atoms with E-state index >= 15 is 0 Å². The van der Waals surface area contributed by atoms with E-state index in [-0.39, 0.29) is 0 Å². The Bertz CT molecular complexity index is 1430. The molecule has 37 heavy (non-hydrogen) atoms. The lowest BCUT2D eigenvalue weighted by molar-refractivity contribution is -0.100. The van der Waals surface area contributed by atoms with Crippen LogP contribution < -0.4 is 15.0 Å². The molecule has 0 saturated carbocycles. The second-order valence-corrected chi connectivity index (χ2v) is 11.3. The van der Waals surface area contributed by atoms with Crippen molar-refractivity contribution >= 4 is 22.4 Å². The van der Waals surface area contributed by atoms with Crippen LogP contribution in [-0.2, 0) is 4.74 Å². The number of hydrogen-bond acceptors (Lipinski definition) is 7. The van der Waals surface area contributed by atoms with Crippen LogP contribution in [-0.4, -0.2) is 70.6 Å². The maximum absolute atomic E-state index is 5.63. The average Bonchev–Trinajstić information content (AvgIpc) is 3.52. The maximum atomic E-state index is 5.63. The largest absolute Gasteiger partial charge is 0.493 e. The Morgan fingerprint density at radius 1 is 1.24 bits per heavy atom. The lowest BCUT2D eigenvalue weighted by atomic mass is 9.88. The molecular formula is C28H37N7O2. The average molecular weight is 504 g/mol. The number of ether oxygens (including phenoxy) is 2. The van der Waals surface area contributed by atoms with Crippen LogP contribution >= 0.6 is 0 Å². The van der Waals surface area contributed by atoms with E-state index in [2.05, 4.69) is 53.0 Å². The molecule has 2 aliphatic heterocycles. The van der Waals surface area contributed by atoms with Gasteiger partial charge in [0, 0.05) is 53.8 Å². The number of H-pyrrole nitrogens is 1. The van der Waals surface area contributed by atoms with E-state index in [0.29, 0.717) is 28.8 Å². The topological polar surface area (TPSA) is 92.6 Å². The van der Waals surface area contributed by atoms with E-state index in [1.807, 2.05) is 18.5 Å². The number of pyridine rings is 2. The summed E-state index contributed by atoms with van der Waals surface area (Å²) in [6, 6.07) is 2.60. The molecule has 2 N–H and O–H groups in total. The van der Waals surface area contributed by atoms with Crippen molar-refractivity contribution in [3.8, 4) is 17.0 Å². The fraction of sp³-hybridized carbons (Fsp3) is 0.536. The molecule has 4 aromatic heterocycles. The van der Waals surface area contributed by atoms with Crippen molar-refractivity contribution in [3.63, 3.8) is 0 Å². The van der Waals surface area contributed by atoms with Crippen molar-refractivity contribution in [2.24, 2.45) is 5.41 Å². The number of rotatable bonds is 7. The van der Waals surface area contributed by atoms with Crippen LogP contribution in [0.3, 0.4) is 0 Å². The van der Waals surface area contributed by atoms with E-state index in [9.17, 15) is 0 Å². The van der Waals surface area contributed by atoms with Gasteiger partial charge in [-0.2, -0.15) is 5.10 Å². The van der Waals surface area contributed by atoms with Crippen LogP contribution in [0.4, 0.5) is 5.82 Å². The summed E-state index contributed by atoms with van der Waals surface area (Å²) in [5.41, 5.74) is 6.72. The zero-order valence-electron chi connectivity index (χ0n) is 22.5. The minimum Gasteiger partial charge on any atom is -0.493 e. The van der Waals surface area contributed by atoms with Crippen molar-refractivity contribution in [3.05, 3.63) is 35.9 Å². The number of anilines is 1. The summed E-state index contributed by atoms with van der Waals surface area (Å²) >= 11 is 0. The van der Waals surface area contributed by atoms with Crippen molar-refractivity contribution in [2.75, 3.05) is 44.9 Å². The number of fused-ring (bicyclic) bond motifs is 2. The first-order valence-electron chi connectivity index (χ1n) is 13.3. The van der Waals surface area contributed by atoms with Crippen LogP contribution in [0.15, 0.2) is 24.8 Å². The first-order chi connectivity index (χ1) is 17.9. The number of methoxy groups -OCH3 is 1. The number of hydrogen-bond donors (Lipinski definition) is 2. The minimum atomic E-state index is 0.308. The quantitative estimate of drug-likeness (QED) is 0.388. The molecule has 0 aromatic carbocycles. The molecule has 0 bridgehead atoms. The first-order valence-corrected chi connectivity index (χ1v) is 13.3. The Morgan fingerprint density at radius 3 is 2.70 bits per heavy atom. The fourth-order valence-corrected chi connectivity index (χ4v) is 5.92. The van der Waals surface area contributed by atoms with Gasteiger partial charge in [-0.1, -0.05) is 20.8 Å². The van der Waals surface area contributed by atoms with Crippen LogP contribution in [0.5, 0.6) is 5.75 Å². The number of nitrogens with one attached hydrogen (secondary N) is 2. The molecule has 2 fully saturated rings. The van der Waals surface area contributed by atoms with E-state index in [1.54, 1.807) is 18.0 Å². The summed E-state index contributed by atoms with van der Waals surface area (Å²) in [7, 11) is 1.67. The predicted molar refractivity (Wildman–Crippen MR) is 146 cm³/mol. The Morgan fingerprint density at radius 2 is 2.03 bits per heavy atom. The third-order valence-corrected chi connectivity index (χ3v) is 8.03. The summed E-state index contributed by atoms with van der Waals surface area (Å²) in [4.78, 5) is 15.4. The van der Waals surface area contributed by atoms with E-state index in [4.69, 9.17) is 14.5 Å². The monoisotopic (exact) mass is 503 g/mol. The molecule has 0 aliphatic carbocycles. The Labute approximate surface area is 217 Å². The second kappa shape index (κ2) is 9.29. The molecule has 9 nitrogen and oxygen atoms in total. The highest BCUT2D eigenvalue weighted by Crippen LogP contribution is 2.40. The minimum absolute atomic E-state index is 0.308. The van der Waals surface area contributed by atoms with Crippen LogP contribution in [0.2, 0.25) is 0 Å². The van der Waals surface area contributed by atoms with Gasteiger partial charge >= 0.3 is 0 Å². The molecule has 0 amide bonds. The zero-order chi connectivity index (χ0) is 25.7. The molecule has 0 spiro atoms. The van der Waals surface area contributed by atoms with Gasteiger partial charge in [-0.3, -0.25) is 0 Å². The summed E-state index contributed by atoms with van der Waals surface area (Å²) in [5.74, 6) is 2.12. The van der Waals surface area contributed by atoms with Crippen molar-refractivity contribution in [2.45, 2.75) is 52.5 Å². The molecule has 0 atom stereocenters. The Kier molecular flexibility index (Phi) is 6.07. The highest BCUT2D eigenvalue weighted by molar-refractivity contribution is 5.95.